The highest BCUT2D eigenvalue weighted by molar-refractivity contribution is 5.80. The Labute approximate surface area is 256 Å². The van der Waals surface area contributed by atoms with Crippen molar-refractivity contribution in [1.29, 1.82) is 0 Å². The van der Waals surface area contributed by atoms with Crippen molar-refractivity contribution in [3.05, 3.63) is 122 Å². The van der Waals surface area contributed by atoms with Crippen molar-refractivity contribution in [2.45, 2.75) is 12.4 Å². The van der Waals surface area contributed by atoms with Crippen molar-refractivity contribution in [2.24, 2.45) is 0 Å². The van der Waals surface area contributed by atoms with E-state index in [1.807, 2.05) is 85.5 Å². The molecule has 0 aliphatic heterocycles. The van der Waals surface area contributed by atoms with Crippen LogP contribution >= 0.6 is 0 Å². The van der Waals surface area contributed by atoms with E-state index in [1.165, 1.54) is 0 Å². The summed E-state index contributed by atoms with van der Waals surface area (Å²) in [5.41, 5.74) is 6.35. The van der Waals surface area contributed by atoms with Crippen LogP contribution in [0.15, 0.2) is 122 Å². The Morgan fingerprint density at radius 2 is 0.848 bits per heavy atom. The Morgan fingerprint density at radius 1 is 0.522 bits per heavy atom. The lowest BCUT2D eigenvalue weighted by molar-refractivity contribution is -0.376. The number of benzene rings is 2. The van der Waals surface area contributed by atoms with E-state index >= 15 is 0 Å². The lowest BCUT2D eigenvalue weighted by Crippen LogP contribution is -2.37. The number of pyridine rings is 4. The number of halogens is 6. The molecule has 0 unspecified atom stereocenters. The van der Waals surface area contributed by atoms with Crippen LogP contribution in [0, 0.1) is 0 Å². The highest BCUT2D eigenvalue weighted by Gasteiger charge is 2.29. The number of aromatic nitrogens is 4. The molecule has 0 fully saturated rings. The number of H-pyrrole nitrogens is 2. The largest absolute Gasteiger partial charge is 0.542 e. The van der Waals surface area contributed by atoms with E-state index in [2.05, 4.69) is 56.3 Å². The minimum absolute atomic E-state index is 1.01. The maximum absolute atomic E-state index is 10.5. The summed E-state index contributed by atoms with van der Waals surface area (Å²) < 4.78 is 63.1. The first-order valence-corrected chi connectivity index (χ1v) is 13.0. The van der Waals surface area contributed by atoms with Crippen LogP contribution in [0.2, 0.25) is 0 Å². The molecule has 6 aromatic rings. The average molecular weight is 641 g/mol. The van der Waals surface area contributed by atoms with Gasteiger partial charge in [0, 0.05) is 23.3 Å². The predicted molar refractivity (Wildman–Crippen MR) is 150 cm³/mol. The number of nitrogens with zero attached hydrogens (tertiary/aromatic N) is 2. The Kier molecular flexibility index (Phi) is 11.8. The molecule has 236 valence electrons. The van der Waals surface area contributed by atoms with Crippen LogP contribution in [0.4, 0.5) is 26.3 Å². The summed E-state index contributed by atoms with van der Waals surface area (Å²) in [4.78, 5) is 32.9. The van der Waals surface area contributed by atoms with Gasteiger partial charge in [0.1, 0.15) is 11.9 Å². The van der Waals surface area contributed by atoms with Crippen molar-refractivity contribution >= 4 is 33.7 Å². The molecular weight excluding hydrogens is 618 g/mol. The zero-order chi connectivity index (χ0) is 33.7. The summed E-state index contributed by atoms with van der Waals surface area (Å²) in [5.74, 6) is -6.01. The molecule has 0 atom stereocenters. The molecule has 14 heteroatoms. The summed E-state index contributed by atoms with van der Waals surface area (Å²) in [7, 11) is 0. The van der Waals surface area contributed by atoms with Crippen molar-refractivity contribution in [1.82, 2.24) is 9.97 Å². The second-order valence-corrected chi connectivity index (χ2v) is 8.93. The van der Waals surface area contributed by atoms with Crippen LogP contribution in [-0.2, 0) is 9.59 Å². The fraction of sp³-hybridized carbons (Fsp3) is 0.0625. The third kappa shape index (κ3) is 10.7. The van der Waals surface area contributed by atoms with E-state index in [9.17, 15) is 26.3 Å². The Bertz CT molecular complexity index is 1750. The first kappa shape index (κ1) is 34.6. The molecule has 0 aliphatic carbocycles. The lowest BCUT2D eigenvalue weighted by atomic mass is 10.1. The molecule has 0 amide bonds. The maximum Gasteiger partial charge on any atom is 0.430 e. The Hall–Kier alpha value is -5.92. The van der Waals surface area contributed by atoms with Gasteiger partial charge in [-0.15, -0.1) is 0 Å². The summed E-state index contributed by atoms with van der Waals surface area (Å²) in [5, 5.41) is 19.8. The fourth-order valence-corrected chi connectivity index (χ4v) is 3.55. The highest BCUT2D eigenvalue weighted by atomic mass is 19.4. The minimum Gasteiger partial charge on any atom is -0.542 e. The van der Waals surface area contributed by atoms with E-state index < -0.39 is 24.3 Å². The van der Waals surface area contributed by atoms with Gasteiger partial charge in [0.15, 0.2) is 24.8 Å². The van der Waals surface area contributed by atoms with E-state index in [-0.39, 0.29) is 0 Å². The molecule has 4 aromatic heterocycles. The number of rotatable bonds is 2. The molecule has 0 bridgehead atoms. The quantitative estimate of drug-likeness (QED) is 0.263. The molecule has 2 aromatic carbocycles. The van der Waals surface area contributed by atoms with Gasteiger partial charge < -0.3 is 19.8 Å². The summed E-state index contributed by atoms with van der Waals surface area (Å²) in [6.07, 6.45) is -2.69. The normalized spacial score (nSPS) is 10.7. The number of hydrogen-bond acceptors (Lipinski definition) is 6. The summed E-state index contributed by atoms with van der Waals surface area (Å²) >= 11 is 0. The first-order chi connectivity index (χ1) is 21.8. The molecule has 0 saturated carbocycles. The van der Waals surface area contributed by atoms with Crippen LogP contribution in [0.5, 0.6) is 0 Å². The number of aliphatic carboxylic acids is 2. The van der Waals surface area contributed by atoms with Crippen molar-refractivity contribution in [3.8, 4) is 22.5 Å². The third-order valence-electron chi connectivity index (χ3n) is 5.67. The molecule has 0 aliphatic rings. The number of hydrogen-bond donors (Lipinski definition) is 0. The van der Waals surface area contributed by atoms with E-state index in [0.717, 1.165) is 44.3 Å². The molecule has 2 N–H and O–H groups in total. The van der Waals surface area contributed by atoms with Crippen molar-refractivity contribution in [2.75, 3.05) is 0 Å². The minimum atomic E-state index is -5.19. The zero-order valence-corrected chi connectivity index (χ0v) is 23.3. The van der Waals surface area contributed by atoms with Crippen LogP contribution in [0.3, 0.4) is 0 Å². The second kappa shape index (κ2) is 15.7. The van der Waals surface area contributed by atoms with Gasteiger partial charge in [0.05, 0.1) is 33.2 Å². The van der Waals surface area contributed by atoms with E-state index in [4.69, 9.17) is 19.8 Å². The van der Waals surface area contributed by atoms with Crippen LogP contribution in [-0.4, -0.2) is 34.3 Å². The number of carboxylic acid groups (broad SMARTS) is 2. The average Bonchev–Trinajstić information content (AvgIpc) is 3.05. The molecule has 8 nitrogen and oxygen atoms in total. The van der Waals surface area contributed by atoms with Crippen LogP contribution < -0.4 is 20.2 Å². The lowest BCUT2D eigenvalue weighted by Gasteiger charge is -2.03. The molecule has 0 saturated heterocycles. The SMILES string of the molecule is O=C([O-])C(F)(F)F.O=C([O-])C(F)(F)F.c1ccc(-c2ccc3c[nH+]ccc3n2)cc1.c1ccc(-c2ccc3c[nH+]ccc3n2)cc1. The zero-order valence-electron chi connectivity index (χ0n) is 23.3. The van der Waals surface area contributed by atoms with Gasteiger partial charge >= 0.3 is 12.4 Å². The smallest absolute Gasteiger partial charge is 0.430 e. The molecular formula is C32H22F6N4O4. The monoisotopic (exact) mass is 640 g/mol. The van der Waals surface area contributed by atoms with Crippen molar-refractivity contribution < 1.29 is 56.1 Å². The topological polar surface area (TPSA) is 134 Å². The predicted octanol–water partition coefficient (Wildman–Crippen LogP) is 4.03. The molecule has 4 heterocycles. The fourth-order valence-electron chi connectivity index (χ4n) is 3.55. The van der Waals surface area contributed by atoms with Gasteiger partial charge in [-0.3, -0.25) is 0 Å². The van der Waals surface area contributed by atoms with E-state index in [1.54, 1.807) is 0 Å². The van der Waals surface area contributed by atoms with Gasteiger partial charge in [-0.2, -0.15) is 26.3 Å². The number of alkyl halides is 6. The third-order valence-corrected chi connectivity index (χ3v) is 5.67. The van der Waals surface area contributed by atoms with Crippen LogP contribution in [0.25, 0.3) is 44.3 Å². The number of aromatic amines is 2. The standard InChI is InChI=1S/2C14H10N2.2C2HF3O2/c2*1-2-4-11(5-3-1)13-7-6-12-10-15-9-8-14(12)16-13;2*3-2(4,5)1(6)7/h2*1-10H;2*(H,6,7). The maximum atomic E-state index is 10.5. The molecule has 6 rings (SSSR count). The number of fused-ring (bicyclic) bond motifs is 2. The molecule has 0 radical (unpaired) electrons. The van der Waals surface area contributed by atoms with Gasteiger partial charge in [-0.05, 0) is 24.3 Å². The first-order valence-electron chi connectivity index (χ1n) is 13.0. The van der Waals surface area contributed by atoms with Gasteiger partial charge in [-0.1, -0.05) is 60.7 Å². The van der Waals surface area contributed by atoms with Gasteiger partial charge in [-0.25, -0.2) is 19.9 Å². The Balaban J connectivity index is 0.000000181. The van der Waals surface area contributed by atoms with E-state index in [0.29, 0.717) is 0 Å². The number of carbonyl (C=O) groups is 2. The van der Waals surface area contributed by atoms with Gasteiger partial charge in [0.2, 0.25) is 0 Å². The Morgan fingerprint density at radius 3 is 1.15 bits per heavy atom. The van der Waals surface area contributed by atoms with Gasteiger partial charge in [0.25, 0.3) is 0 Å². The summed E-state index contributed by atoms with van der Waals surface area (Å²) in [6.45, 7) is 0. The van der Waals surface area contributed by atoms with Crippen molar-refractivity contribution in [3.63, 3.8) is 0 Å². The molecule has 0 spiro atoms. The van der Waals surface area contributed by atoms with Crippen LogP contribution in [0.1, 0.15) is 0 Å². The second-order valence-electron chi connectivity index (χ2n) is 8.93. The number of carbonyl (C=O) groups excluding carboxylic acids is 2. The molecule has 46 heavy (non-hydrogen) atoms. The number of carboxylic acids is 2. The summed E-state index contributed by atoms with van der Waals surface area (Å²) in [6, 6.07) is 32.7. The highest BCUT2D eigenvalue weighted by Crippen LogP contribution is 2.20. The number of nitrogens with one attached hydrogen (secondary N) is 2.